The summed E-state index contributed by atoms with van der Waals surface area (Å²) >= 11 is 9.29. The van der Waals surface area contributed by atoms with Gasteiger partial charge in [-0.2, -0.15) is 5.10 Å². The third-order valence-corrected chi connectivity index (χ3v) is 6.64. The molecule has 8 heteroatoms. The lowest BCUT2D eigenvalue weighted by molar-refractivity contribution is 0.601. The van der Waals surface area contributed by atoms with Gasteiger partial charge in [0, 0.05) is 22.2 Å². The summed E-state index contributed by atoms with van der Waals surface area (Å²) in [7, 11) is -3.77. The summed E-state index contributed by atoms with van der Waals surface area (Å²) in [6.45, 7) is 0. The molecule has 0 bridgehead atoms. The zero-order chi connectivity index (χ0) is 15.7. The van der Waals surface area contributed by atoms with Crippen LogP contribution in [0.5, 0.6) is 0 Å². The smallest absolute Gasteiger partial charge is 0.264 e. The standard InChI is InChI=1S/C14H15BrClN3O2S/c15-10-6-3-7-12(14(10)16)22(20,21)19-13-8-11(17-18-13)9-4-1-2-5-9/h3,6-9H,1-2,4-5H2,(H2,17,18,19). The lowest BCUT2D eigenvalue weighted by Gasteiger charge is -2.08. The average Bonchev–Trinajstić information content (AvgIpc) is 3.11. The average molecular weight is 405 g/mol. The second kappa shape index (κ2) is 6.22. The van der Waals surface area contributed by atoms with Crippen LogP contribution in [0.15, 0.2) is 33.6 Å². The monoisotopic (exact) mass is 403 g/mol. The summed E-state index contributed by atoms with van der Waals surface area (Å²) in [6, 6.07) is 6.53. The molecule has 0 spiro atoms. The lowest BCUT2D eigenvalue weighted by Crippen LogP contribution is -2.13. The highest BCUT2D eigenvalue weighted by atomic mass is 79.9. The van der Waals surface area contributed by atoms with Gasteiger partial charge in [0.15, 0.2) is 5.82 Å². The van der Waals surface area contributed by atoms with Gasteiger partial charge in [-0.05, 0) is 40.9 Å². The molecule has 3 rings (SSSR count). The van der Waals surface area contributed by atoms with Crippen molar-refractivity contribution in [2.24, 2.45) is 0 Å². The summed E-state index contributed by atoms with van der Waals surface area (Å²) in [5.41, 5.74) is 0.982. The summed E-state index contributed by atoms with van der Waals surface area (Å²) < 4.78 is 27.9. The zero-order valence-corrected chi connectivity index (χ0v) is 14.8. The second-order valence-corrected chi connectivity index (χ2v) is 8.23. The van der Waals surface area contributed by atoms with Crippen LogP contribution in [0.3, 0.4) is 0 Å². The van der Waals surface area contributed by atoms with Gasteiger partial charge in [0.1, 0.15) is 4.90 Å². The Morgan fingerprint density at radius 2 is 2.05 bits per heavy atom. The number of aromatic amines is 1. The van der Waals surface area contributed by atoms with Crippen LogP contribution >= 0.6 is 27.5 Å². The van der Waals surface area contributed by atoms with Crippen LogP contribution in [-0.2, 0) is 10.0 Å². The molecule has 0 atom stereocenters. The van der Waals surface area contributed by atoms with E-state index in [4.69, 9.17) is 11.6 Å². The molecule has 1 heterocycles. The topological polar surface area (TPSA) is 74.8 Å². The largest absolute Gasteiger partial charge is 0.280 e. The number of anilines is 1. The van der Waals surface area contributed by atoms with E-state index in [1.807, 2.05) is 0 Å². The predicted molar refractivity (Wildman–Crippen MR) is 89.8 cm³/mol. The van der Waals surface area contributed by atoms with Crippen LogP contribution < -0.4 is 4.72 Å². The Morgan fingerprint density at radius 3 is 2.77 bits per heavy atom. The van der Waals surface area contributed by atoms with Gasteiger partial charge in [0.05, 0.1) is 5.02 Å². The summed E-state index contributed by atoms with van der Waals surface area (Å²) in [4.78, 5) is 0.0222. The van der Waals surface area contributed by atoms with Crippen molar-refractivity contribution in [3.63, 3.8) is 0 Å². The molecule has 2 aromatic rings. The van der Waals surface area contributed by atoms with E-state index < -0.39 is 10.0 Å². The Balaban J connectivity index is 1.84. The maximum atomic E-state index is 12.4. The Labute approximate surface area is 142 Å². The third-order valence-electron chi connectivity index (χ3n) is 3.84. The summed E-state index contributed by atoms with van der Waals surface area (Å²) in [6.07, 6.45) is 4.65. The van der Waals surface area contributed by atoms with Gasteiger partial charge in [-0.1, -0.05) is 30.5 Å². The molecule has 1 aromatic carbocycles. The fourth-order valence-electron chi connectivity index (χ4n) is 2.72. The zero-order valence-electron chi connectivity index (χ0n) is 11.6. The predicted octanol–water partition coefficient (Wildman–Crippen LogP) is 4.28. The number of aromatic nitrogens is 2. The second-order valence-electron chi connectivity index (χ2n) is 5.35. The number of benzene rings is 1. The molecule has 5 nitrogen and oxygen atoms in total. The van der Waals surface area contributed by atoms with Crippen molar-refractivity contribution in [3.05, 3.63) is 39.5 Å². The van der Waals surface area contributed by atoms with E-state index in [-0.39, 0.29) is 15.7 Å². The number of hydrogen-bond acceptors (Lipinski definition) is 3. The number of rotatable bonds is 4. The Morgan fingerprint density at radius 1 is 1.32 bits per heavy atom. The first-order valence-electron chi connectivity index (χ1n) is 6.99. The highest BCUT2D eigenvalue weighted by Gasteiger charge is 2.23. The summed E-state index contributed by atoms with van der Waals surface area (Å²) in [5, 5.41) is 7.14. The van der Waals surface area contributed by atoms with Crippen LogP contribution in [0.25, 0.3) is 0 Å². The van der Waals surface area contributed by atoms with E-state index >= 15 is 0 Å². The SMILES string of the molecule is O=S(=O)(Nc1cc(C2CCCC2)[nH]n1)c1cccc(Br)c1Cl. The van der Waals surface area contributed by atoms with Crippen LogP contribution in [0.1, 0.15) is 37.3 Å². The number of halogens is 2. The van der Waals surface area contributed by atoms with Gasteiger partial charge < -0.3 is 0 Å². The van der Waals surface area contributed by atoms with Crippen molar-refractivity contribution in [1.29, 1.82) is 0 Å². The molecule has 0 aliphatic heterocycles. The van der Waals surface area contributed by atoms with Gasteiger partial charge in [0.2, 0.25) is 0 Å². The van der Waals surface area contributed by atoms with Crippen molar-refractivity contribution in [2.45, 2.75) is 36.5 Å². The first kappa shape index (κ1) is 15.8. The molecule has 22 heavy (non-hydrogen) atoms. The van der Waals surface area contributed by atoms with Crippen LogP contribution in [-0.4, -0.2) is 18.6 Å². The summed E-state index contributed by atoms with van der Waals surface area (Å²) in [5.74, 6) is 0.734. The molecule has 1 fully saturated rings. The highest BCUT2D eigenvalue weighted by molar-refractivity contribution is 9.10. The van der Waals surface area contributed by atoms with Gasteiger partial charge in [-0.25, -0.2) is 8.42 Å². The maximum Gasteiger partial charge on any atom is 0.264 e. The molecule has 1 saturated carbocycles. The van der Waals surface area contributed by atoms with Gasteiger partial charge in [0.25, 0.3) is 10.0 Å². The van der Waals surface area contributed by atoms with Crippen molar-refractivity contribution >= 4 is 43.4 Å². The van der Waals surface area contributed by atoms with Crippen molar-refractivity contribution < 1.29 is 8.42 Å². The molecule has 1 aromatic heterocycles. The normalized spacial score (nSPS) is 16.1. The van der Waals surface area contributed by atoms with Crippen LogP contribution in [0.2, 0.25) is 5.02 Å². The Hall–Kier alpha value is -1.05. The molecular formula is C14H15BrClN3O2S. The van der Waals surface area contributed by atoms with E-state index in [1.54, 1.807) is 18.2 Å². The molecule has 0 unspecified atom stereocenters. The Bertz CT molecular complexity index is 785. The minimum absolute atomic E-state index is 0.0222. The number of sulfonamides is 1. The molecule has 1 aliphatic rings. The van der Waals surface area contributed by atoms with Gasteiger partial charge >= 0.3 is 0 Å². The van der Waals surface area contributed by atoms with E-state index in [9.17, 15) is 8.42 Å². The quantitative estimate of drug-likeness (QED) is 0.798. The maximum absolute atomic E-state index is 12.4. The van der Waals surface area contributed by atoms with Gasteiger partial charge in [-0.15, -0.1) is 0 Å². The first-order chi connectivity index (χ1) is 10.5. The number of H-pyrrole nitrogens is 1. The fraction of sp³-hybridized carbons (Fsp3) is 0.357. The molecule has 0 saturated heterocycles. The minimum atomic E-state index is -3.77. The minimum Gasteiger partial charge on any atom is -0.280 e. The molecule has 0 radical (unpaired) electrons. The highest BCUT2D eigenvalue weighted by Crippen LogP contribution is 2.34. The molecule has 2 N–H and O–H groups in total. The first-order valence-corrected chi connectivity index (χ1v) is 9.65. The molecule has 0 amide bonds. The molecule has 118 valence electrons. The van der Waals surface area contributed by atoms with Crippen molar-refractivity contribution in [1.82, 2.24) is 10.2 Å². The molecular weight excluding hydrogens is 390 g/mol. The van der Waals surface area contributed by atoms with Crippen molar-refractivity contribution in [2.75, 3.05) is 4.72 Å². The Kier molecular flexibility index (Phi) is 4.47. The van der Waals surface area contributed by atoms with E-state index in [0.29, 0.717) is 10.4 Å². The third kappa shape index (κ3) is 3.16. The number of nitrogens with one attached hydrogen (secondary N) is 2. The van der Waals surface area contributed by atoms with Crippen LogP contribution in [0.4, 0.5) is 5.82 Å². The lowest BCUT2D eigenvalue weighted by atomic mass is 10.1. The number of hydrogen-bond donors (Lipinski definition) is 2. The molecule has 1 aliphatic carbocycles. The van der Waals surface area contributed by atoms with E-state index in [0.717, 1.165) is 18.5 Å². The van der Waals surface area contributed by atoms with E-state index in [1.165, 1.54) is 18.9 Å². The van der Waals surface area contributed by atoms with Crippen molar-refractivity contribution in [3.8, 4) is 0 Å². The van der Waals surface area contributed by atoms with Crippen LogP contribution in [0, 0.1) is 0 Å². The fourth-order valence-corrected chi connectivity index (χ4v) is 4.74. The van der Waals surface area contributed by atoms with E-state index in [2.05, 4.69) is 30.8 Å². The number of nitrogens with zero attached hydrogens (tertiary/aromatic N) is 1. The van der Waals surface area contributed by atoms with Gasteiger partial charge in [-0.3, -0.25) is 9.82 Å².